The first-order valence-corrected chi connectivity index (χ1v) is 17.1. The summed E-state index contributed by atoms with van der Waals surface area (Å²) in [5, 5.41) is 3.62. The van der Waals surface area contributed by atoms with Crippen LogP contribution >= 0.6 is 0 Å². The highest BCUT2D eigenvalue weighted by atomic mass is 32.2. The number of ether oxygens (including phenoxy) is 2. The van der Waals surface area contributed by atoms with Crippen molar-refractivity contribution in [1.29, 1.82) is 0 Å². The summed E-state index contributed by atoms with van der Waals surface area (Å²) in [7, 11) is -2.44. The summed E-state index contributed by atoms with van der Waals surface area (Å²) in [6.07, 6.45) is 4.08. The number of fused-ring (bicyclic) bond motifs is 1. The molecule has 3 rings (SSSR count). The maximum absolute atomic E-state index is 13.3. The van der Waals surface area contributed by atoms with Gasteiger partial charge in [-0.3, -0.25) is 4.40 Å². The molecule has 0 fully saturated rings. The molecule has 0 aliphatic rings. The minimum Gasteiger partial charge on any atom is -0.495 e. The average molecular weight is 563 g/mol. The molecule has 0 aliphatic heterocycles. The second-order valence-electron chi connectivity index (χ2n) is 11.9. The molecule has 11 heteroatoms. The van der Waals surface area contributed by atoms with Gasteiger partial charge in [0.15, 0.2) is 18.2 Å². The van der Waals surface area contributed by atoms with Crippen LogP contribution in [0.2, 0.25) is 18.1 Å². The maximum Gasteiger partial charge on any atom is 0.215 e. The summed E-state index contributed by atoms with van der Waals surface area (Å²) in [5.41, 5.74) is 2.62. The zero-order valence-corrected chi connectivity index (χ0v) is 26.1. The maximum atomic E-state index is 13.3. The molecule has 0 unspecified atom stereocenters. The highest BCUT2D eigenvalue weighted by molar-refractivity contribution is 7.92. The number of hydrogen-bond donors (Lipinski definition) is 1. The van der Waals surface area contributed by atoms with Gasteiger partial charge in [-0.2, -0.15) is 0 Å². The Morgan fingerprint density at radius 3 is 2.29 bits per heavy atom. The number of sulfone groups is 1. The molecule has 0 saturated carbocycles. The van der Waals surface area contributed by atoms with E-state index in [1.807, 2.05) is 12.1 Å². The van der Waals surface area contributed by atoms with Crippen LogP contribution < -0.4 is 14.8 Å². The lowest BCUT2D eigenvalue weighted by Gasteiger charge is -2.36. The number of nitrogens with zero attached hydrogens (tertiary/aromatic N) is 3. The number of imidazole rings is 1. The van der Waals surface area contributed by atoms with Crippen molar-refractivity contribution in [2.75, 3.05) is 32.7 Å². The fourth-order valence-electron chi connectivity index (χ4n) is 3.56. The zero-order chi connectivity index (χ0) is 28.5. The number of anilines is 1. The van der Waals surface area contributed by atoms with Gasteiger partial charge in [0.2, 0.25) is 5.88 Å². The van der Waals surface area contributed by atoms with E-state index in [2.05, 4.69) is 49.1 Å². The van der Waals surface area contributed by atoms with E-state index in [4.69, 9.17) is 13.9 Å². The van der Waals surface area contributed by atoms with Crippen molar-refractivity contribution in [3.05, 3.63) is 30.6 Å². The van der Waals surface area contributed by atoms with Crippen LogP contribution in [-0.2, 0) is 14.3 Å². The van der Waals surface area contributed by atoms with Crippen LogP contribution in [0.4, 0.5) is 5.69 Å². The van der Waals surface area contributed by atoms with E-state index in [1.54, 1.807) is 50.7 Å². The molecule has 0 aromatic carbocycles. The number of nitrogens with one attached hydrogen (secondary N) is 1. The molecule has 0 bridgehead atoms. The van der Waals surface area contributed by atoms with Crippen molar-refractivity contribution in [2.45, 2.75) is 75.7 Å². The van der Waals surface area contributed by atoms with Gasteiger partial charge in [0, 0.05) is 37.2 Å². The van der Waals surface area contributed by atoms with E-state index in [0.717, 1.165) is 18.7 Å². The Balaban J connectivity index is 1.91. The van der Waals surface area contributed by atoms with Crippen molar-refractivity contribution < 1.29 is 22.3 Å². The van der Waals surface area contributed by atoms with Crippen LogP contribution in [0.25, 0.3) is 17.0 Å². The Hall–Kier alpha value is -2.63. The van der Waals surface area contributed by atoms with Crippen molar-refractivity contribution in [1.82, 2.24) is 14.4 Å². The molecule has 0 atom stereocenters. The van der Waals surface area contributed by atoms with Crippen molar-refractivity contribution in [2.24, 2.45) is 0 Å². The Morgan fingerprint density at radius 1 is 1.03 bits per heavy atom. The molecule has 3 aromatic heterocycles. The molecule has 3 aromatic rings. The largest absolute Gasteiger partial charge is 0.495 e. The third-order valence-electron chi connectivity index (χ3n) is 7.08. The van der Waals surface area contributed by atoms with Crippen LogP contribution in [0.15, 0.2) is 35.5 Å². The first-order chi connectivity index (χ1) is 17.5. The second kappa shape index (κ2) is 10.9. The topological polar surface area (TPSA) is 104 Å². The first kappa shape index (κ1) is 29.9. The number of aromatic nitrogens is 3. The third-order valence-corrected chi connectivity index (χ3v) is 14.1. The molecule has 0 spiro atoms. The third kappa shape index (κ3) is 6.15. The summed E-state index contributed by atoms with van der Waals surface area (Å²) in [5.74, 6) is 0.693. The molecular weight excluding hydrogens is 520 g/mol. The highest BCUT2D eigenvalue weighted by Crippen LogP contribution is 2.37. The normalized spacial score (nSPS) is 13.1. The van der Waals surface area contributed by atoms with Gasteiger partial charge in [-0.15, -0.1) is 0 Å². The van der Waals surface area contributed by atoms with E-state index >= 15 is 0 Å². The quantitative estimate of drug-likeness (QED) is 0.244. The second-order valence-corrected chi connectivity index (χ2v) is 19.3. The lowest BCUT2D eigenvalue weighted by atomic mass is 10.2. The van der Waals surface area contributed by atoms with Crippen LogP contribution in [-0.4, -0.2) is 63.2 Å². The van der Waals surface area contributed by atoms with Crippen molar-refractivity contribution in [3.8, 4) is 23.0 Å². The van der Waals surface area contributed by atoms with Gasteiger partial charge in [0.1, 0.15) is 16.3 Å². The van der Waals surface area contributed by atoms with Gasteiger partial charge < -0.3 is 19.2 Å². The molecule has 9 nitrogen and oxygen atoms in total. The lowest BCUT2D eigenvalue weighted by Crippen LogP contribution is -2.41. The van der Waals surface area contributed by atoms with E-state index in [0.29, 0.717) is 29.5 Å². The molecular formula is C27H42N4O5SSi. The molecule has 0 saturated heterocycles. The smallest absolute Gasteiger partial charge is 0.215 e. The summed E-state index contributed by atoms with van der Waals surface area (Å²) in [6.45, 7) is 17.6. The van der Waals surface area contributed by atoms with Gasteiger partial charge in [-0.25, -0.2) is 18.4 Å². The summed E-state index contributed by atoms with van der Waals surface area (Å²) in [6, 6.07) is 5.37. The van der Waals surface area contributed by atoms with Gasteiger partial charge in [0.25, 0.3) is 0 Å². The average Bonchev–Trinajstić information content (AvgIpc) is 3.24. The summed E-state index contributed by atoms with van der Waals surface area (Å²) < 4.78 is 44.5. The Bertz CT molecular complexity index is 1390. The minimum atomic E-state index is -3.69. The van der Waals surface area contributed by atoms with Gasteiger partial charge in [-0.1, -0.05) is 20.8 Å². The number of hydrogen-bond acceptors (Lipinski definition) is 8. The van der Waals surface area contributed by atoms with Crippen LogP contribution in [0.3, 0.4) is 0 Å². The monoisotopic (exact) mass is 562 g/mol. The molecule has 38 heavy (non-hydrogen) atoms. The molecule has 0 aliphatic carbocycles. The van der Waals surface area contributed by atoms with E-state index in [1.165, 1.54) is 7.11 Å². The molecule has 0 amide bonds. The van der Waals surface area contributed by atoms with Crippen LogP contribution in [0.1, 0.15) is 48.0 Å². The summed E-state index contributed by atoms with van der Waals surface area (Å²) >= 11 is 0. The summed E-state index contributed by atoms with van der Waals surface area (Å²) in [4.78, 5) is 9.19. The highest BCUT2D eigenvalue weighted by Gasteiger charge is 2.37. The Labute approximate surface area is 228 Å². The lowest BCUT2D eigenvalue weighted by molar-refractivity contribution is 0.286. The Morgan fingerprint density at radius 2 is 1.71 bits per heavy atom. The van der Waals surface area contributed by atoms with Gasteiger partial charge in [0.05, 0.1) is 36.6 Å². The number of rotatable bonds is 10. The molecule has 0 radical (unpaired) electrons. The predicted molar refractivity (Wildman–Crippen MR) is 155 cm³/mol. The molecule has 1 N–H and O–H groups in total. The number of methoxy groups -OCH3 is 2. The van der Waals surface area contributed by atoms with Crippen molar-refractivity contribution in [3.63, 3.8) is 0 Å². The zero-order valence-electron chi connectivity index (χ0n) is 24.3. The van der Waals surface area contributed by atoms with Gasteiger partial charge in [-0.05, 0) is 51.4 Å². The minimum absolute atomic E-state index is 0.0993. The standard InChI is InChI=1S/C27H42N4O5SSi/c1-26(2,3)37(32,33)23-18-31-21(17-29-24(31)16-22(23)34-7)20-14-19(15-25(30-20)35-8)28-12-11-13-36-38(9,10)27(4,5)6/h14-18H,11-13H2,1-10H3,(H,28,30). The number of pyridine rings is 2. The molecule has 3 heterocycles. The SMILES string of the molecule is COc1cc(NCCCO[Si](C)(C)C(C)(C)C)cc(-c2cnc3cc(OC)c(S(=O)(=O)C(C)(C)C)cn23)n1. The van der Waals surface area contributed by atoms with E-state index < -0.39 is 22.9 Å². The van der Waals surface area contributed by atoms with Gasteiger partial charge >= 0.3 is 0 Å². The van der Waals surface area contributed by atoms with Crippen LogP contribution in [0.5, 0.6) is 11.6 Å². The first-order valence-electron chi connectivity index (χ1n) is 12.8. The fourth-order valence-corrected chi connectivity index (χ4v) is 5.96. The predicted octanol–water partition coefficient (Wildman–Crippen LogP) is 5.81. The Kier molecular flexibility index (Phi) is 8.55. The van der Waals surface area contributed by atoms with E-state index in [-0.39, 0.29) is 15.7 Å². The fraction of sp³-hybridized carbons (Fsp3) is 0.556. The van der Waals surface area contributed by atoms with Crippen molar-refractivity contribution >= 4 is 29.5 Å². The van der Waals surface area contributed by atoms with E-state index in [9.17, 15) is 8.42 Å². The molecule has 210 valence electrons. The van der Waals surface area contributed by atoms with Crippen LogP contribution in [0, 0.1) is 0 Å².